The van der Waals surface area contributed by atoms with Gasteiger partial charge in [0.15, 0.2) is 5.17 Å². The molecule has 30 heavy (non-hydrogen) atoms. The average molecular weight is 439 g/mol. The van der Waals surface area contributed by atoms with E-state index in [1.165, 1.54) is 11.8 Å². The Morgan fingerprint density at radius 1 is 1.10 bits per heavy atom. The van der Waals surface area contributed by atoms with Gasteiger partial charge in [0.2, 0.25) is 0 Å². The third kappa shape index (κ3) is 3.15. The Morgan fingerprint density at radius 2 is 1.80 bits per heavy atom. The van der Waals surface area contributed by atoms with Crippen LogP contribution in [0.25, 0.3) is 5.57 Å². The molecular weight excluding hydrogens is 420 g/mol. The van der Waals surface area contributed by atoms with Crippen LogP contribution >= 0.6 is 23.4 Å². The lowest BCUT2D eigenvalue weighted by Gasteiger charge is -2.39. The van der Waals surface area contributed by atoms with Crippen LogP contribution in [0.2, 0.25) is 5.02 Å². The highest BCUT2D eigenvalue weighted by Crippen LogP contribution is 2.45. The molecule has 3 aliphatic heterocycles. The number of hydrogen-bond donors (Lipinski definition) is 0. The molecule has 0 unspecified atom stereocenters. The van der Waals surface area contributed by atoms with Gasteiger partial charge in [-0.2, -0.15) is 4.99 Å². The molecule has 3 aliphatic rings. The minimum absolute atomic E-state index is 0.208. The number of hydrogen-bond acceptors (Lipinski definition) is 5. The lowest BCUT2D eigenvalue weighted by atomic mass is 9.84. The Balaban J connectivity index is 1.33. The number of amidine groups is 1. The average Bonchev–Trinajstić information content (AvgIpc) is 3.27. The first-order valence-electron chi connectivity index (χ1n) is 9.82. The van der Waals surface area contributed by atoms with Crippen LogP contribution in [0.4, 0.5) is 0 Å². The van der Waals surface area contributed by atoms with Gasteiger partial charge in [0.05, 0.1) is 10.5 Å². The number of likely N-dealkylation sites (tertiary alicyclic amines) is 1. The topological polar surface area (TPSA) is 59.0 Å². The summed E-state index contributed by atoms with van der Waals surface area (Å²) in [4.78, 5) is 31.9. The van der Waals surface area contributed by atoms with Crippen molar-refractivity contribution in [3.05, 3.63) is 75.1 Å². The molecule has 2 aromatic carbocycles. The number of carbonyl (C=O) groups is 2. The second-order valence-corrected chi connectivity index (χ2v) is 9.09. The monoisotopic (exact) mass is 438 g/mol. The van der Waals surface area contributed by atoms with Gasteiger partial charge in [-0.1, -0.05) is 41.9 Å². The fourth-order valence-corrected chi connectivity index (χ4v) is 5.43. The van der Waals surface area contributed by atoms with Crippen LogP contribution < -0.4 is 0 Å². The summed E-state index contributed by atoms with van der Waals surface area (Å²) in [6.07, 6.45) is 1.36. The Morgan fingerprint density at radius 3 is 2.53 bits per heavy atom. The molecule has 0 aromatic heterocycles. The van der Waals surface area contributed by atoms with Crippen LogP contribution in [0.15, 0.2) is 58.4 Å². The molecular formula is C23H19ClN2O3S. The van der Waals surface area contributed by atoms with E-state index in [4.69, 9.17) is 16.3 Å². The molecule has 0 aliphatic carbocycles. The third-order valence-electron chi connectivity index (χ3n) is 5.97. The van der Waals surface area contributed by atoms with Gasteiger partial charge in [-0.3, -0.25) is 4.79 Å². The summed E-state index contributed by atoms with van der Waals surface area (Å²) in [5.41, 5.74) is 2.94. The van der Waals surface area contributed by atoms with Crippen molar-refractivity contribution in [2.24, 2.45) is 4.99 Å². The Kier molecular flexibility index (Phi) is 4.71. The summed E-state index contributed by atoms with van der Waals surface area (Å²) in [5.74, 6) is -0.453. The number of carbonyl (C=O) groups excluding carboxylic acids is 2. The number of aliphatic imine (C=N–C) groups is 1. The molecule has 0 atom stereocenters. The minimum atomic E-state index is -0.560. The molecule has 0 bridgehead atoms. The van der Waals surface area contributed by atoms with Gasteiger partial charge in [0.25, 0.3) is 5.91 Å². The van der Waals surface area contributed by atoms with Crippen molar-refractivity contribution in [3.8, 4) is 0 Å². The summed E-state index contributed by atoms with van der Waals surface area (Å²) in [7, 11) is 0. The number of benzene rings is 2. The zero-order chi connectivity index (χ0) is 20.9. The minimum Gasteiger partial charge on any atom is -0.450 e. The maximum Gasteiger partial charge on any atom is 0.339 e. The Hall–Kier alpha value is -2.57. The zero-order valence-electron chi connectivity index (χ0n) is 16.4. The SMILES string of the molecule is C/C(=C1/SC(N2CCC3(CC2)OC(=O)c2ccccc23)=NC1=O)c1ccc(Cl)cc1. The molecule has 7 heteroatoms. The number of amides is 1. The first kappa shape index (κ1) is 19.4. The van der Waals surface area contributed by atoms with E-state index >= 15 is 0 Å². The van der Waals surface area contributed by atoms with Crippen molar-refractivity contribution in [1.82, 2.24) is 4.90 Å². The second kappa shape index (κ2) is 7.29. The van der Waals surface area contributed by atoms with Crippen molar-refractivity contribution >= 4 is 46.0 Å². The summed E-state index contributed by atoms with van der Waals surface area (Å²) in [5, 5.41) is 1.38. The second-order valence-electron chi connectivity index (χ2n) is 7.68. The molecule has 0 saturated carbocycles. The lowest BCUT2D eigenvalue weighted by molar-refractivity contribution is -0.113. The summed E-state index contributed by atoms with van der Waals surface area (Å²) >= 11 is 7.39. The molecule has 0 radical (unpaired) electrons. The van der Waals surface area contributed by atoms with Crippen molar-refractivity contribution < 1.29 is 14.3 Å². The molecule has 3 heterocycles. The molecule has 1 spiro atoms. The van der Waals surface area contributed by atoms with E-state index in [0.717, 1.165) is 21.9 Å². The van der Waals surface area contributed by atoms with Crippen LogP contribution in [0.1, 0.15) is 41.3 Å². The smallest absolute Gasteiger partial charge is 0.339 e. The maximum absolute atomic E-state index is 12.6. The van der Waals surface area contributed by atoms with E-state index in [2.05, 4.69) is 9.89 Å². The molecule has 1 saturated heterocycles. The van der Waals surface area contributed by atoms with E-state index in [-0.39, 0.29) is 11.9 Å². The van der Waals surface area contributed by atoms with Crippen molar-refractivity contribution in [2.45, 2.75) is 25.4 Å². The fraction of sp³-hybridized carbons (Fsp3) is 0.261. The van der Waals surface area contributed by atoms with E-state index in [1.807, 2.05) is 55.5 Å². The van der Waals surface area contributed by atoms with Gasteiger partial charge in [0.1, 0.15) is 5.60 Å². The number of ether oxygens (including phenoxy) is 1. The normalized spacial score (nSPS) is 21.5. The predicted molar refractivity (Wildman–Crippen MR) is 118 cm³/mol. The largest absolute Gasteiger partial charge is 0.450 e. The number of fused-ring (bicyclic) bond motifs is 2. The molecule has 1 amide bonds. The Bertz CT molecular complexity index is 1120. The third-order valence-corrected chi connectivity index (χ3v) is 7.44. The standard InChI is InChI=1S/C23H19ClN2O3S/c1-14(15-6-8-16(24)9-7-15)19-20(27)25-22(30-19)26-12-10-23(11-13-26)18-5-3-2-4-17(18)21(28)29-23/h2-9H,10-13H2,1H3/b19-14-. The summed E-state index contributed by atoms with van der Waals surface area (Å²) in [6, 6.07) is 15.1. The quantitative estimate of drug-likeness (QED) is 0.470. The number of nitrogens with zero attached hydrogens (tertiary/aromatic N) is 2. The van der Waals surface area contributed by atoms with Crippen LogP contribution in [0.3, 0.4) is 0 Å². The highest BCUT2D eigenvalue weighted by molar-refractivity contribution is 8.18. The van der Waals surface area contributed by atoms with Crippen LogP contribution in [-0.4, -0.2) is 35.0 Å². The number of piperidine rings is 1. The van der Waals surface area contributed by atoms with Gasteiger partial charge < -0.3 is 9.64 Å². The van der Waals surface area contributed by atoms with E-state index in [1.54, 1.807) is 0 Å². The summed E-state index contributed by atoms with van der Waals surface area (Å²) in [6.45, 7) is 3.28. The van der Waals surface area contributed by atoms with Crippen molar-refractivity contribution in [3.63, 3.8) is 0 Å². The van der Waals surface area contributed by atoms with Crippen LogP contribution in [-0.2, 0) is 15.1 Å². The van der Waals surface area contributed by atoms with Crippen LogP contribution in [0, 0.1) is 0 Å². The van der Waals surface area contributed by atoms with Crippen molar-refractivity contribution in [1.29, 1.82) is 0 Å². The highest BCUT2D eigenvalue weighted by atomic mass is 35.5. The lowest BCUT2D eigenvalue weighted by Crippen LogP contribution is -2.44. The van der Waals surface area contributed by atoms with Gasteiger partial charge >= 0.3 is 5.97 Å². The van der Waals surface area contributed by atoms with Gasteiger partial charge in [-0.15, -0.1) is 0 Å². The number of esters is 1. The molecule has 152 valence electrons. The van der Waals surface area contributed by atoms with Gasteiger partial charge in [-0.05, 0) is 48.0 Å². The first-order valence-corrected chi connectivity index (χ1v) is 11.0. The predicted octanol–water partition coefficient (Wildman–Crippen LogP) is 4.86. The molecule has 2 aromatic rings. The molecule has 0 N–H and O–H groups in total. The highest BCUT2D eigenvalue weighted by Gasteiger charge is 2.48. The van der Waals surface area contributed by atoms with E-state index in [9.17, 15) is 9.59 Å². The van der Waals surface area contributed by atoms with Gasteiger partial charge in [0, 0.05) is 36.5 Å². The number of thioether (sulfide) groups is 1. The maximum atomic E-state index is 12.6. The zero-order valence-corrected chi connectivity index (χ0v) is 17.9. The number of allylic oxidation sites excluding steroid dienone is 1. The molecule has 1 fully saturated rings. The molecule has 5 rings (SSSR count). The first-order chi connectivity index (χ1) is 14.5. The van der Waals surface area contributed by atoms with Crippen LogP contribution in [0.5, 0.6) is 0 Å². The van der Waals surface area contributed by atoms with Gasteiger partial charge in [-0.25, -0.2) is 4.79 Å². The molecule has 5 nitrogen and oxygen atoms in total. The Labute approximate surface area is 183 Å². The summed E-state index contributed by atoms with van der Waals surface area (Å²) < 4.78 is 5.82. The fourth-order valence-electron chi connectivity index (χ4n) is 4.28. The van der Waals surface area contributed by atoms with E-state index in [0.29, 0.717) is 41.4 Å². The number of halogens is 1. The number of rotatable bonds is 1. The van der Waals surface area contributed by atoms with E-state index < -0.39 is 5.60 Å². The van der Waals surface area contributed by atoms with Crippen molar-refractivity contribution in [2.75, 3.05) is 13.1 Å².